The summed E-state index contributed by atoms with van der Waals surface area (Å²) in [5, 5.41) is 2.66. The lowest BCUT2D eigenvalue weighted by Crippen LogP contribution is -2.39. The Morgan fingerprint density at radius 3 is 2.39 bits per heavy atom. The van der Waals surface area contributed by atoms with Gasteiger partial charge in [-0.25, -0.2) is 8.78 Å². The molecule has 0 fully saturated rings. The number of amides is 1. The molecule has 0 aromatic heterocycles. The summed E-state index contributed by atoms with van der Waals surface area (Å²) in [6.07, 6.45) is 0. The summed E-state index contributed by atoms with van der Waals surface area (Å²) in [4.78, 5) is 11.8. The summed E-state index contributed by atoms with van der Waals surface area (Å²) in [5.41, 5.74) is 5.87. The fourth-order valence-corrected chi connectivity index (χ4v) is 1.51. The summed E-state index contributed by atoms with van der Waals surface area (Å²) in [5.74, 6) is -1.92. The van der Waals surface area contributed by atoms with Crippen molar-refractivity contribution in [1.82, 2.24) is 5.32 Å². The summed E-state index contributed by atoms with van der Waals surface area (Å²) >= 11 is 0. The van der Waals surface area contributed by atoms with Crippen LogP contribution in [0.3, 0.4) is 0 Å². The topological polar surface area (TPSA) is 55.1 Å². The predicted molar refractivity (Wildman–Crippen MR) is 65.7 cm³/mol. The third-order valence-corrected chi connectivity index (χ3v) is 2.99. The zero-order valence-corrected chi connectivity index (χ0v) is 10.7. The zero-order chi connectivity index (χ0) is 13.9. The van der Waals surface area contributed by atoms with E-state index in [2.05, 4.69) is 5.32 Å². The molecule has 100 valence electrons. The third-order valence-electron chi connectivity index (χ3n) is 2.99. The zero-order valence-electron chi connectivity index (χ0n) is 10.7. The van der Waals surface area contributed by atoms with Gasteiger partial charge in [0.05, 0.1) is 6.04 Å². The molecule has 0 bridgehead atoms. The van der Waals surface area contributed by atoms with E-state index in [0.29, 0.717) is 0 Å². The highest BCUT2D eigenvalue weighted by Gasteiger charge is 2.20. The summed E-state index contributed by atoms with van der Waals surface area (Å²) in [6, 6.07) is 2.48. The lowest BCUT2D eigenvalue weighted by molar-refractivity contribution is -0.125. The Balaban J connectivity index is 2.76. The van der Waals surface area contributed by atoms with Gasteiger partial charge in [0.15, 0.2) is 0 Å². The van der Waals surface area contributed by atoms with Crippen molar-refractivity contribution in [1.29, 1.82) is 0 Å². The van der Waals surface area contributed by atoms with Crippen molar-refractivity contribution in [3.63, 3.8) is 0 Å². The van der Waals surface area contributed by atoms with Crippen LogP contribution in [0.2, 0.25) is 0 Å². The first-order chi connectivity index (χ1) is 8.32. The van der Waals surface area contributed by atoms with E-state index in [1.54, 1.807) is 20.8 Å². The Morgan fingerprint density at radius 2 is 1.89 bits per heavy atom. The van der Waals surface area contributed by atoms with Crippen molar-refractivity contribution in [3.05, 3.63) is 35.4 Å². The monoisotopic (exact) mass is 256 g/mol. The van der Waals surface area contributed by atoms with Gasteiger partial charge in [-0.1, -0.05) is 13.0 Å². The first-order valence-corrected chi connectivity index (χ1v) is 5.83. The van der Waals surface area contributed by atoms with Gasteiger partial charge in [0.1, 0.15) is 11.6 Å². The first-order valence-electron chi connectivity index (χ1n) is 5.83. The molecule has 3 N–H and O–H groups in total. The maximum absolute atomic E-state index is 13.5. The molecule has 1 rings (SSSR count). The van der Waals surface area contributed by atoms with Crippen LogP contribution in [0.15, 0.2) is 18.2 Å². The molecule has 1 aromatic rings. The molecule has 18 heavy (non-hydrogen) atoms. The van der Waals surface area contributed by atoms with Crippen molar-refractivity contribution in [2.45, 2.75) is 32.9 Å². The average molecular weight is 256 g/mol. The fourth-order valence-electron chi connectivity index (χ4n) is 1.51. The highest BCUT2D eigenvalue weighted by Crippen LogP contribution is 2.18. The number of carbonyl (C=O) groups is 1. The molecule has 0 aliphatic rings. The molecule has 0 radical (unpaired) electrons. The lowest BCUT2D eigenvalue weighted by Gasteiger charge is -2.20. The van der Waals surface area contributed by atoms with Crippen molar-refractivity contribution in [2.75, 3.05) is 0 Å². The van der Waals surface area contributed by atoms with Gasteiger partial charge >= 0.3 is 0 Å². The number of carbonyl (C=O) groups excluding carboxylic acids is 1. The molecule has 0 spiro atoms. The van der Waals surface area contributed by atoms with Crippen LogP contribution in [-0.4, -0.2) is 11.9 Å². The van der Waals surface area contributed by atoms with Gasteiger partial charge in [-0.2, -0.15) is 0 Å². The smallest absolute Gasteiger partial charge is 0.224 e. The second-order valence-electron chi connectivity index (χ2n) is 4.54. The minimum absolute atomic E-state index is 0.249. The quantitative estimate of drug-likeness (QED) is 0.867. The number of benzene rings is 1. The van der Waals surface area contributed by atoms with Crippen LogP contribution in [-0.2, 0) is 4.79 Å². The van der Waals surface area contributed by atoms with E-state index >= 15 is 0 Å². The minimum Gasteiger partial charge on any atom is -0.349 e. The molecular weight excluding hydrogens is 238 g/mol. The molecule has 3 unspecified atom stereocenters. The van der Waals surface area contributed by atoms with E-state index in [-0.39, 0.29) is 23.4 Å². The van der Waals surface area contributed by atoms with Crippen molar-refractivity contribution in [3.8, 4) is 0 Å². The Hall–Kier alpha value is -1.49. The number of hydrogen-bond donors (Lipinski definition) is 2. The number of hydrogen-bond acceptors (Lipinski definition) is 2. The van der Waals surface area contributed by atoms with E-state index < -0.39 is 17.7 Å². The number of nitrogens with one attached hydrogen (secondary N) is 1. The van der Waals surface area contributed by atoms with Gasteiger partial charge < -0.3 is 11.1 Å². The molecule has 0 heterocycles. The molecule has 3 nitrogen and oxygen atoms in total. The van der Waals surface area contributed by atoms with Gasteiger partial charge in [0.2, 0.25) is 5.91 Å². The van der Waals surface area contributed by atoms with E-state index in [0.717, 1.165) is 12.1 Å². The number of rotatable bonds is 4. The van der Waals surface area contributed by atoms with Gasteiger partial charge in [-0.05, 0) is 19.9 Å². The highest BCUT2D eigenvalue weighted by atomic mass is 19.1. The van der Waals surface area contributed by atoms with Gasteiger partial charge in [0.25, 0.3) is 0 Å². The summed E-state index contributed by atoms with van der Waals surface area (Å²) in [7, 11) is 0. The maximum Gasteiger partial charge on any atom is 0.224 e. The van der Waals surface area contributed by atoms with Crippen LogP contribution in [0.25, 0.3) is 0 Å². The molecule has 0 aliphatic heterocycles. The average Bonchev–Trinajstić information content (AvgIpc) is 2.27. The Labute approximate surface area is 105 Å². The van der Waals surface area contributed by atoms with Crippen LogP contribution in [0.1, 0.15) is 32.4 Å². The van der Waals surface area contributed by atoms with Crippen molar-refractivity contribution >= 4 is 5.91 Å². The van der Waals surface area contributed by atoms with Gasteiger partial charge in [0, 0.05) is 23.6 Å². The standard InChI is InChI=1S/C13H18F2N2O/c1-7(8(2)16)13(18)17-9(3)11-5-4-10(14)6-12(11)15/h4-9H,16H2,1-3H3,(H,17,18). The van der Waals surface area contributed by atoms with Crippen molar-refractivity contribution < 1.29 is 13.6 Å². The molecule has 0 saturated heterocycles. The van der Waals surface area contributed by atoms with Crippen LogP contribution < -0.4 is 11.1 Å². The lowest BCUT2D eigenvalue weighted by atomic mass is 10.0. The molecule has 1 amide bonds. The second kappa shape index (κ2) is 5.91. The van der Waals surface area contributed by atoms with Gasteiger partial charge in [-0.15, -0.1) is 0 Å². The van der Waals surface area contributed by atoms with Crippen molar-refractivity contribution in [2.24, 2.45) is 11.7 Å². The van der Waals surface area contributed by atoms with Crippen LogP contribution in [0.4, 0.5) is 8.78 Å². The Morgan fingerprint density at radius 1 is 1.28 bits per heavy atom. The summed E-state index contributed by atoms with van der Waals surface area (Å²) < 4.78 is 26.3. The fraction of sp³-hybridized carbons (Fsp3) is 0.462. The van der Waals surface area contributed by atoms with Crippen LogP contribution in [0.5, 0.6) is 0 Å². The predicted octanol–water partition coefficient (Wildman–Crippen LogP) is 2.13. The van der Waals surface area contributed by atoms with E-state index in [4.69, 9.17) is 5.73 Å². The Bertz CT molecular complexity index is 435. The van der Waals surface area contributed by atoms with E-state index in [1.807, 2.05) is 0 Å². The molecule has 0 saturated carbocycles. The first kappa shape index (κ1) is 14.6. The maximum atomic E-state index is 13.5. The molecule has 1 aromatic carbocycles. The number of nitrogens with two attached hydrogens (primary N) is 1. The summed E-state index contributed by atoms with van der Waals surface area (Å²) in [6.45, 7) is 5.07. The Kier molecular flexibility index (Phi) is 4.78. The highest BCUT2D eigenvalue weighted by molar-refractivity contribution is 5.79. The second-order valence-corrected chi connectivity index (χ2v) is 4.54. The third kappa shape index (κ3) is 3.50. The molecule has 3 atom stereocenters. The van der Waals surface area contributed by atoms with Crippen LogP contribution >= 0.6 is 0 Å². The van der Waals surface area contributed by atoms with Gasteiger partial charge in [-0.3, -0.25) is 4.79 Å². The molecule has 5 heteroatoms. The SMILES string of the molecule is CC(NC(=O)C(C)C(C)N)c1ccc(F)cc1F. The van der Waals surface area contributed by atoms with E-state index in [9.17, 15) is 13.6 Å². The normalized spacial score (nSPS) is 15.9. The number of halogens is 2. The van der Waals surface area contributed by atoms with Crippen LogP contribution in [0, 0.1) is 17.6 Å². The molecule has 0 aliphatic carbocycles. The minimum atomic E-state index is -0.670. The molecular formula is C13H18F2N2O. The van der Waals surface area contributed by atoms with E-state index in [1.165, 1.54) is 6.07 Å². The largest absolute Gasteiger partial charge is 0.349 e.